The normalized spacial score (nSPS) is 11.5. The first-order valence-corrected chi connectivity index (χ1v) is 10.2. The Balaban J connectivity index is 1.58. The maximum atomic E-state index is 12.4. The highest BCUT2D eigenvalue weighted by atomic mass is 32.2. The zero-order valence-corrected chi connectivity index (χ0v) is 16.1. The van der Waals surface area contributed by atoms with E-state index in [1.54, 1.807) is 19.1 Å². The van der Waals surface area contributed by atoms with Crippen LogP contribution >= 0.6 is 0 Å². The summed E-state index contributed by atoms with van der Waals surface area (Å²) < 4.78 is 27.3. The largest absolute Gasteiger partial charge is 0.326 e. The molecule has 0 aromatic heterocycles. The fourth-order valence-corrected chi connectivity index (χ4v) is 4.22. The highest BCUT2D eigenvalue weighted by Crippen LogP contribution is 2.19. The van der Waals surface area contributed by atoms with E-state index in [9.17, 15) is 13.2 Å². The number of fused-ring (bicyclic) bond motifs is 1. The molecule has 3 aromatic carbocycles. The van der Waals surface area contributed by atoms with Gasteiger partial charge < -0.3 is 5.32 Å². The maximum absolute atomic E-state index is 12.4. The average molecular weight is 382 g/mol. The Morgan fingerprint density at radius 2 is 1.67 bits per heavy atom. The standard InChI is InChI=1S/C21H22N2O3S/c1-15-7-10-20(16(2)13-15)27(25,26)22-12-11-21(24)23-19-9-8-17-5-3-4-6-18(17)14-19/h3-10,13-14,22H,11-12H2,1-2H3,(H,23,24). The Hall–Kier alpha value is -2.70. The molecule has 0 aliphatic heterocycles. The highest BCUT2D eigenvalue weighted by Gasteiger charge is 2.16. The molecule has 0 fully saturated rings. The molecule has 3 rings (SSSR count). The van der Waals surface area contributed by atoms with Crippen molar-refractivity contribution in [2.45, 2.75) is 25.2 Å². The molecule has 1 amide bonds. The minimum absolute atomic E-state index is 0.0368. The summed E-state index contributed by atoms with van der Waals surface area (Å²) in [6.07, 6.45) is 0.0525. The Morgan fingerprint density at radius 3 is 2.41 bits per heavy atom. The Kier molecular flexibility index (Phi) is 5.58. The van der Waals surface area contributed by atoms with Crippen molar-refractivity contribution >= 4 is 32.4 Å². The molecule has 140 valence electrons. The van der Waals surface area contributed by atoms with Gasteiger partial charge in [0.1, 0.15) is 0 Å². The smallest absolute Gasteiger partial charge is 0.240 e. The van der Waals surface area contributed by atoms with Crippen LogP contribution in [-0.4, -0.2) is 20.9 Å². The molecule has 2 N–H and O–H groups in total. The van der Waals surface area contributed by atoms with Gasteiger partial charge in [-0.2, -0.15) is 0 Å². The molecule has 0 unspecified atom stereocenters. The van der Waals surface area contributed by atoms with Crippen LogP contribution in [0.25, 0.3) is 10.8 Å². The summed E-state index contributed by atoms with van der Waals surface area (Å²) in [5.41, 5.74) is 2.38. The van der Waals surface area contributed by atoms with E-state index >= 15 is 0 Å². The Morgan fingerprint density at radius 1 is 0.926 bits per heavy atom. The minimum Gasteiger partial charge on any atom is -0.326 e. The van der Waals surface area contributed by atoms with Gasteiger partial charge >= 0.3 is 0 Å². The number of aryl methyl sites for hydroxylation is 2. The van der Waals surface area contributed by atoms with Crippen molar-refractivity contribution in [1.29, 1.82) is 0 Å². The van der Waals surface area contributed by atoms with Crippen LogP contribution in [0.15, 0.2) is 65.6 Å². The SMILES string of the molecule is Cc1ccc(S(=O)(=O)NCCC(=O)Nc2ccc3ccccc3c2)c(C)c1. The number of carbonyl (C=O) groups excluding carboxylic acids is 1. The van der Waals surface area contributed by atoms with Crippen molar-refractivity contribution in [2.75, 3.05) is 11.9 Å². The lowest BCUT2D eigenvalue weighted by Gasteiger charge is -2.10. The minimum atomic E-state index is -3.64. The van der Waals surface area contributed by atoms with E-state index in [2.05, 4.69) is 10.0 Å². The number of hydrogen-bond donors (Lipinski definition) is 2. The summed E-state index contributed by atoms with van der Waals surface area (Å²) in [6.45, 7) is 3.71. The number of carbonyl (C=O) groups is 1. The lowest BCUT2D eigenvalue weighted by molar-refractivity contribution is -0.116. The number of sulfonamides is 1. The second-order valence-corrected chi connectivity index (χ2v) is 8.26. The first kappa shape index (κ1) is 19.1. The summed E-state index contributed by atoms with van der Waals surface area (Å²) in [5, 5.41) is 4.93. The van der Waals surface area contributed by atoms with Gasteiger partial charge in [0.15, 0.2) is 0 Å². The van der Waals surface area contributed by atoms with Gasteiger partial charge in [-0.3, -0.25) is 4.79 Å². The molecular formula is C21H22N2O3S. The molecule has 0 spiro atoms. The summed E-state index contributed by atoms with van der Waals surface area (Å²) >= 11 is 0. The molecule has 5 nitrogen and oxygen atoms in total. The van der Waals surface area contributed by atoms with Gasteiger partial charge in [-0.05, 0) is 48.4 Å². The zero-order valence-electron chi connectivity index (χ0n) is 15.3. The van der Waals surface area contributed by atoms with Gasteiger partial charge in [-0.15, -0.1) is 0 Å². The Labute approximate surface area is 159 Å². The van der Waals surface area contributed by atoms with Crippen molar-refractivity contribution in [2.24, 2.45) is 0 Å². The van der Waals surface area contributed by atoms with E-state index in [4.69, 9.17) is 0 Å². The summed E-state index contributed by atoms with van der Waals surface area (Å²) in [5.74, 6) is -0.242. The van der Waals surface area contributed by atoms with E-state index in [0.717, 1.165) is 16.3 Å². The number of amides is 1. The molecule has 0 aliphatic carbocycles. The monoisotopic (exact) mass is 382 g/mol. The third-order valence-corrected chi connectivity index (χ3v) is 5.92. The van der Waals surface area contributed by atoms with Crippen LogP contribution in [0.5, 0.6) is 0 Å². The molecule has 6 heteroatoms. The molecule has 0 saturated heterocycles. The predicted molar refractivity (Wildman–Crippen MR) is 108 cm³/mol. The summed E-state index contributed by atoms with van der Waals surface area (Å²) in [6, 6.07) is 18.7. The molecule has 0 radical (unpaired) electrons. The first-order chi connectivity index (χ1) is 12.8. The molecule has 27 heavy (non-hydrogen) atoms. The van der Waals surface area contributed by atoms with Gasteiger partial charge in [0.05, 0.1) is 4.90 Å². The molecule has 0 bridgehead atoms. The van der Waals surface area contributed by atoms with Crippen LogP contribution < -0.4 is 10.0 Å². The van der Waals surface area contributed by atoms with Gasteiger partial charge in [0, 0.05) is 18.7 Å². The van der Waals surface area contributed by atoms with Crippen LogP contribution in [0, 0.1) is 13.8 Å². The third-order valence-electron chi connectivity index (χ3n) is 4.30. The molecule has 3 aromatic rings. The highest BCUT2D eigenvalue weighted by molar-refractivity contribution is 7.89. The van der Waals surface area contributed by atoms with Gasteiger partial charge in [0.2, 0.25) is 15.9 Å². The van der Waals surface area contributed by atoms with Gasteiger partial charge in [0.25, 0.3) is 0 Å². The fourth-order valence-electron chi connectivity index (χ4n) is 2.97. The zero-order chi connectivity index (χ0) is 19.4. The molecule has 0 saturated carbocycles. The Bertz CT molecular complexity index is 1090. The molecule has 0 atom stereocenters. The molecule has 0 heterocycles. The topological polar surface area (TPSA) is 75.3 Å². The van der Waals surface area contributed by atoms with E-state index < -0.39 is 10.0 Å². The third kappa shape index (κ3) is 4.72. The number of rotatable bonds is 6. The summed E-state index contributed by atoms with van der Waals surface area (Å²) in [4.78, 5) is 12.4. The van der Waals surface area contributed by atoms with E-state index in [0.29, 0.717) is 11.3 Å². The number of anilines is 1. The number of benzene rings is 3. The van der Waals surface area contributed by atoms with Crippen LogP contribution in [-0.2, 0) is 14.8 Å². The molecule has 0 aliphatic rings. The molecular weight excluding hydrogens is 360 g/mol. The van der Waals surface area contributed by atoms with Gasteiger partial charge in [-0.1, -0.05) is 48.0 Å². The quantitative estimate of drug-likeness (QED) is 0.681. The predicted octanol–water partition coefficient (Wildman–Crippen LogP) is 3.76. The summed E-state index contributed by atoms with van der Waals surface area (Å²) in [7, 11) is -3.64. The van der Waals surface area contributed by atoms with E-state index in [1.807, 2.05) is 55.5 Å². The van der Waals surface area contributed by atoms with Crippen molar-refractivity contribution in [3.05, 3.63) is 71.8 Å². The lowest BCUT2D eigenvalue weighted by atomic mass is 10.1. The number of nitrogens with one attached hydrogen (secondary N) is 2. The second kappa shape index (κ2) is 7.90. The first-order valence-electron chi connectivity index (χ1n) is 8.71. The maximum Gasteiger partial charge on any atom is 0.240 e. The van der Waals surface area contributed by atoms with Crippen molar-refractivity contribution < 1.29 is 13.2 Å². The van der Waals surface area contributed by atoms with Crippen LogP contribution in [0.4, 0.5) is 5.69 Å². The second-order valence-electron chi connectivity index (χ2n) is 6.53. The van der Waals surface area contributed by atoms with Crippen molar-refractivity contribution in [3.8, 4) is 0 Å². The van der Waals surface area contributed by atoms with Crippen LogP contribution in [0.3, 0.4) is 0 Å². The fraction of sp³-hybridized carbons (Fsp3) is 0.190. The van der Waals surface area contributed by atoms with Crippen molar-refractivity contribution in [3.63, 3.8) is 0 Å². The van der Waals surface area contributed by atoms with E-state index in [-0.39, 0.29) is 23.8 Å². The van der Waals surface area contributed by atoms with Crippen molar-refractivity contribution in [1.82, 2.24) is 4.72 Å². The van der Waals surface area contributed by atoms with Gasteiger partial charge in [-0.25, -0.2) is 13.1 Å². The lowest BCUT2D eigenvalue weighted by Crippen LogP contribution is -2.28. The van der Waals surface area contributed by atoms with Crippen LogP contribution in [0.2, 0.25) is 0 Å². The number of hydrogen-bond acceptors (Lipinski definition) is 3. The van der Waals surface area contributed by atoms with E-state index in [1.165, 1.54) is 0 Å². The van der Waals surface area contributed by atoms with Crippen LogP contribution in [0.1, 0.15) is 17.5 Å². The average Bonchev–Trinajstić information content (AvgIpc) is 2.61.